The first-order chi connectivity index (χ1) is 7.63. The molecule has 8 heteroatoms. The predicted octanol–water partition coefficient (Wildman–Crippen LogP) is -0.763. The van der Waals surface area contributed by atoms with E-state index in [2.05, 4.69) is 14.7 Å². The van der Waals surface area contributed by atoms with Crippen molar-refractivity contribution < 1.29 is 24.2 Å². The Bertz CT molecular complexity index is 332. The molecule has 16 heavy (non-hydrogen) atoms. The number of nitriles is 1. The number of carbonyl (C=O) groups excluding carboxylic acids is 2. The molecule has 0 aliphatic carbocycles. The highest BCUT2D eigenvalue weighted by molar-refractivity contribution is 5.91. The van der Waals surface area contributed by atoms with E-state index in [4.69, 9.17) is 10.4 Å². The van der Waals surface area contributed by atoms with Crippen molar-refractivity contribution in [1.82, 2.24) is 0 Å². The highest BCUT2D eigenvalue weighted by Crippen LogP contribution is 1.92. The number of hydrogen-bond donors (Lipinski definition) is 1. The van der Waals surface area contributed by atoms with Crippen LogP contribution in [0.4, 0.5) is 0 Å². The molecule has 0 aliphatic rings. The summed E-state index contributed by atoms with van der Waals surface area (Å²) in [4.78, 5) is 31.4. The van der Waals surface area contributed by atoms with Crippen LogP contribution in [0, 0.1) is 16.4 Å². The van der Waals surface area contributed by atoms with Gasteiger partial charge in [0.2, 0.25) is 0 Å². The molecule has 0 amide bonds. The molecule has 0 spiro atoms. The molecule has 0 aromatic heterocycles. The van der Waals surface area contributed by atoms with Gasteiger partial charge in [0, 0.05) is 12.2 Å². The molecule has 0 saturated heterocycles. The molecule has 8 nitrogen and oxygen atoms in total. The van der Waals surface area contributed by atoms with Crippen LogP contribution in [-0.2, 0) is 19.1 Å². The van der Waals surface area contributed by atoms with Gasteiger partial charge in [0.15, 0.2) is 0 Å². The number of aliphatic hydroxyl groups excluding tert-OH is 1. The van der Waals surface area contributed by atoms with Crippen LogP contribution >= 0.6 is 0 Å². The smallest absolute Gasteiger partial charge is 0.346 e. The predicted molar refractivity (Wildman–Crippen MR) is 48.5 cm³/mol. The van der Waals surface area contributed by atoms with Crippen molar-refractivity contribution in [3.8, 4) is 6.26 Å². The molecule has 0 fully saturated rings. The molecular formula is C8H8N2O6. The molecule has 0 saturated carbocycles. The highest BCUT2D eigenvalue weighted by atomic mass is 16.5. The number of esters is 2. The van der Waals surface area contributed by atoms with Crippen LogP contribution in [-0.4, -0.2) is 36.3 Å². The molecular weight excluding hydrogens is 220 g/mol. The minimum Gasteiger partial charge on any atom is -0.460 e. The van der Waals surface area contributed by atoms with Crippen molar-refractivity contribution in [3.05, 3.63) is 17.1 Å². The van der Waals surface area contributed by atoms with Gasteiger partial charge in [0.05, 0.1) is 6.61 Å². The third kappa shape index (κ3) is 6.22. The van der Waals surface area contributed by atoms with Gasteiger partial charge in [0.1, 0.15) is 12.6 Å². The van der Waals surface area contributed by atoms with E-state index in [0.29, 0.717) is 6.08 Å². The van der Waals surface area contributed by atoms with Crippen LogP contribution in [0.15, 0.2) is 17.3 Å². The van der Waals surface area contributed by atoms with E-state index < -0.39 is 31.2 Å². The number of nitrogens with zero attached hydrogens (tertiary/aromatic N) is 2. The Hall–Kier alpha value is -2.27. The Morgan fingerprint density at radius 3 is 2.56 bits per heavy atom. The van der Waals surface area contributed by atoms with Crippen LogP contribution in [0.25, 0.3) is 0 Å². The van der Waals surface area contributed by atoms with Crippen LogP contribution in [0.3, 0.4) is 0 Å². The molecule has 0 rings (SSSR count). The van der Waals surface area contributed by atoms with Gasteiger partial charge in [-0.2, -0.15) is 4.91 Å². The standard InChI is InChI=1S/C8H8N2O6/c9-5-16-8(13)2-1-7(12)15-4-6(3-11)10-14/h1-2,6,11H,3-4H2/b2-1+. The molecule has 0 radical (unpaired) electrons. The minimum atomic E-state index is -1.04. The lowest BCUT2D eigenvalue weighted by molar-refractivity contribution is -0.139. The van der Waals surface area contributed by atoms with Crippen molar-refractivity contribution in [2.75, 3.05) is 13.2 Å². The maximum absolute atomic E-state index is 10.9. The molecule has 1 unspecified atom stereocenters. The Morgan fingerprint density at radius 1 is 1.44 bits per heavy atom. The Morgan fingerprint density at radius 2 is 2.06 bits per heavy atom. The SMILES string of the molecule is N#COC(=O)/C=C/C(=O)OCC(CO)N=O. The first kappa shape index (κ1) is 13.7. The van der Waals surface area contributed by atoms with Crippen molar-refractivity contribution in [2.45, 2.75) is 6.04 Å². The molecule has 0 aromatic rings. The summed E-state index contributed by atoms with van der Waals surface area (Å²) in [6.45, 7) is -0.937. The fourth-order valence-electron chi connectivity index (χ4n) is 0.558. The van der Waals surface area contributed by atoms with E-state index in [-0.39, 0.29) is 0 Å². The topological polar surface area (TPSA) is 126 Å². The third-order valence-corrected chi connectivity index (χ3v) is 1.28. The van der Waals surface area contributed by atoms with E-state index in [0.717, 1.165) is 12.3 Å². The summed E-state index contributed by atoms with van der Waals surface area (Å²) in [5, 5.41) is 18.9. The lowest BCUT2D eigenvalue weighted by Crippen LogP contribution is -2.19. The Balaban J connectivity index is 3.95. The lowest BCUT2D eigenvalue weighted by Gasteiger charge is -2.04. The van der Waals surface area contributed by atoms with E-state index >= 15 is 0 Å². The van der Waals surface area contributed by atoms with Gasteiger partial charge in [-0.1, -0.05) is 5.18 Å². The highest BCUT2D eigenvalue weighted by Gasteiger charge is 2.09. The van der Waals surface area contributed by atoms with Gasteiger partial charge in [-0.05, 0) is 0 Å². The first-order valence-corrected chi connectivity index (χ1v) is 4.02. The van der Waals surface area contributed by atoms with Gasteiger partial charge in [0.25, 0.3) is 6.26 Å². The molecule has 1 N–H and O–H groups in total. The second-order valence-electron chi connectivity index (χ2n) is 2.42. The molecule has 86 valence electrons. The maximum Gasteiger partial charge on any atom is 0.346 e. The van der Waals surface area contributed by atoms with E-state index in [1.165, 1.54) is 0 Å². The van der Waals surface area contributed by atoms with Crippen molar-refractivity contribution >= 4 is 11.9 Å². The largest absolute Gasteiger partial charge is 0.460 e. The second-order valence-corrected chi connectivity index (χ2v) is 2.42. The van der Waals surface area contributed by atoms with Crippen molar-refractivity contribution in [1.29, 1.82) is 5.26 Å². The summed E-state index contributed by atoms with van der Waals surface area (Å²) < 4.78 is 8.27. The minimum absolute atomic E-state index is 0.392. The normalized spacial score (nSPS) is 11.5. The monoisotopic (exact) mass is 228 g/mol. The van der Waals surface area contributed by atoms with Crippen LogP contribution in [0.5, 0.6) is 0 Å². The summed E-state index contributed by atoms with van der Waals surface area (Å²) in [5.74, 6) is -1.94. The van der Waals surface area contributed by atoms with E-state index in [1.54, 1.807) is 0 Å². The summed E-state index contributed by atoms with van der Waals surface area (Å²) >= 11 is 0. The Kier molecular flexibility index (Phi) is 6.93. The average molecular weight is 228 g/mol. The maximum atomic E-state index is 10.9. The van der Waals surface area contributed by atoms with Gasteiger partial charge in [-0.3, -0.25) is 0 Å². The summed E-state index contributed by atoms with van der Waals surface area (Å²) in [5.41, 5.74) is 0. The zero-order valence-electron chi connectivity index (χ0n) is 8.03. The third-order valence-electron chi connectivity index (χ3n) is 1.28. The second kappa shape index (κ2) is 8.07. The quantitative estimate of drug-likeness (QED) is 0.274. The lowest BCUT2D eigenvalue weighted by atomic mass is 10.4. The summed E-state index contributed by atoms with van der Waals surface area (Å²) in [6, 6.07) is -1.04. The van der Waals surface area contributed by atoms with Gasteiger partial charge >= 0.3 is 11.9 Å². The Labute approximate surface area is 90.0 Å². The fraction of sp³-hybridized carbons (Fsp3) is 0.375. The van der Waals surface area contributed by atoms with E-state index in [9.17, 15) is 14.5 Å². The zero-order chi connectivity index (χ0) is 12.4. The van der Waals surface area contributed by atoms with Gasteiger partial charge in [-0.15, -0.1) is 5.26 Å². The van der Waals surface area contributed by atoms with Crippen LogP contribution in [0.1, 0.15) is 0 Å². The average Bonchev–Trinajstić information content (AvgIpc) is 2.28. The fourth-order valence-corrected chi connectivity index (χ4v) is 0.558. The molecule has 0 heterocycles. The number of nitroso groups, excluding NO2 is 1. The number of aliphatic hydroxyl groups is 1. The molecule has 0 aliphatic heterocycles. The molecule has 1 atom stereocenters. The number of carbonyl (C=O) groups is 2. The van der Waals surface area contributed by atoms with Crippen molar-refractivity contribution in [3.63, 3.8) is 0 Å². The number of rotatable bonds is 6. The first-order valence-electron chi connectivity index (χ1n) is 4.02. The summed E-state index contributed by atoms with van der Waals surface area (Å²) in [6.07, 6.45) is 2.53. The van der Waals surface area contributed by atoms with Crippen LogP contribution < -0.4 is 0 Å². The van der Waals surface area contributed by atoms with Gasteiger partial charge < -0.3 is 14.6 Å². The molecule has 0 aromatic carbocycles. The van der Waals surface area contributed by atoms with Crippen molar-refractivity contribution in [2.24, 2.45) is 5.18 Å². The number of hydrogen-bond acceptors (Lipinski definition) is 8. The zero-order valence-corrected chi connectivity index (χ0v) is 8.03. The molecule has 0 bridgehead atoms. The van der Waals surface area contributed by atoms with Crippen LogP contribution in [0.2, 0.25) is 0 Å². The number of ether oxygens (including phenoxy) is 2. The van der Waals surface area contributed by atoms with Gasteiger partial charge in [-0.25, -0.2) is 9.59 Å². The summed E-state index contributed by atoms with van der Waals surface area (Å²) in [7, 11) is 0. The van der Waals surface area contributed by atoms with E-state index in [1.807, 2.05) is 0 Å².